The van der Waals surface area contributed by atoms with Crippen LogP contribution in [0.5, 0.6) is 0 Å². The quantitative estimate of drug-likeness (QED) is 0.640. The van der Waals surface area contributed by atoms with Gasteiger partial charge >= 0.3 is 0 Å². The summed E-state index contributed by atoms with van der Waals surface area (Å²) in [6.07, 6.45) is 3.71. The number of hydrogen-bond donors (Lipinski definition) is 1. The Morgan fingerprint density at radius 3 is 2.69 bits per heavy atom. The number of nitro groups is 1. The first-order chi connectivity index (χ1) is 12.5. The molecule has 1 aliphatic rings. The molecule has 8 heteroatoms. The van der Waals surface area contributed by atoms with Crippen molar-refractivity contribution in [2.75, 3.05) is 24.5 Å². The van der Waals surface area contributed by atoms with Gasteiger partial charge in [0, 0.05) is 38.0 Å². The summed E-state index contributed by atoms with van der Waals surface area (Å²) in [4.78, 5) is 29.1. The van der Waals surface area contributed by atoms with Gasteiger partial charge in [-0.15, -0.1) is 0 Å². The zero-order chi connectivity index (χ0) is 18.5. The summed E-state index contributed by atoms with van der Waals surface area (Å²) in [7, 11) is 0. The Morgan fingerprint density at radius 1 is 1.31 bits per heavy atom. The van der Waals surface area contributed by atoms with Crippen LogP contribution in [0.15, 0.2) is 42.6 Å². The Morgan fingerprint density at radius 2 is 2.08 bits per heavy atom. The number of halogens is 1. The third-order valence-electron chi connectivity index (χ3n) is 4.55. The number of non-ortho nitro benzene ring substituents is 1. The Balaban J connectivity index is 1.51. The minimum atomic E-state index is -0.539. The van der Waals surface area contributed by atoms with Crippen LogP contribution in [0.3, 0.4) is 0 Å². The van der Waals surface area contributed by atoms with Gasteiger partial charge in [-0.3, -0.25) is 14.9 Å². The van der Waals surface area contributed by atoms with E-state index in [9.17, 15) is 14.9 Å². The van der Waals surface area contributed by atoms with Crippen molar-refractivity contribution >= 4 is 29.0 Å². The number of nitrogens with one attached hydrogen (secondary N) is 1. The molecule has 1 fully saturated rings. The molecule has 3 rings (SSSR count). The summed E-state index contributed by atoms with van der Waals surface area (Å²) in [5.41, 5.74) is 0.122. The number of benzene rings is 1. The van der Waals surface area contributed by atoms with Crippen molar-refractivity contribution in [3.05, 3.63) is 63.3 Å². The number of rotatable bonds is 5. The van der Waals surface area contributed by atoms with E-state index < -0.39 is 4.92 Å². The van der Waals surface area contributed by atoms with Crippen LogP contribution in [-0.2, 0) is 0 Å². The summed E-state index contributed by atoms with van der Waals surface area (Å²) < 4.78 is 0. The molecule has 1 N–H and O–H groups in total. The number of carbonyl (C=O) groups is 1. The first-order valence-corrected chi connectivity index (χ1v) is 8.80. The van der Waals surface area contributed by atoms with E-state index in [1.54, 1.807) is 6.20 Å². The molecule has 0 atom stereocenters. The topological polar surface area (TPSA) is 88.4 Å². The molecule has 1 aliphatic heterocycles. The summed E-state index contributed by atoms with van der Waals surface area (Å²) in [5, 5.41) is 13.7. The van der Waals surface area contributed by atoms with Crippen molar-refractivity contribution in [2.45, 2.75) is 12.8 Å². The first-order valence-electron chi connectivity index (χ1n) is 8.42. The van der Waals surface area contributed by atoms with E-state index in [0.717, 1.165) is 31.7 Å². The number of nitrogens with zero attached hydrogens (tertiary/aromatic N) is 3. The second kappa shape index (κ2) is 8.14. The van der Waals surface area contributed by atoms with E-state index in [-0.39, 0.29) is 22.2 Å². The molecule has 1 saturated heterocycles. The van der Waals surface area contributed by atoms with Crippen LogP contribution < -0.4 is 10.2 Å². The third kappa shape index (κ3) is 4.29. The lowest BCUT2D eigenvalue weighted by Crippen LogP contribution is -2.39. The number of nitro benzene ring substituents is 1. The van der Waals surface area contributed by atoms with Gasteiger partial charge < -0.3 is 10.2 Å². The fourth-order valence-electron chi connectivity index (χ4n) is 3.04. The van der Waals surface area contributed by atoms with Gasteiger partial charge in [0.05, 0.1) is 15.5 Å². The lowest BCUT2D eigenvalue weighted by Gasteiger charge is -2.32. The zero-order valence-corrected chi connectivity index (χ0v) is 14.9. The fourth-order valence-corrected chi connectivity index (χ4v) is 3.30. The molecule has 1 amide bonds. The molecule has 2 aromatic rings. The standard InChI is InChI=1S/C18H19ClN4O3/c19-16-11-14(23(25)26)4-5-15(16)18(24)21-12-13-6-9-22(10-7-13)17-3-1-2-8-20-17/h1-5,8,11,13H,6-7,9-10,12H2,(H,21,24). The maximum Gasteiger partial charge on any atom is 0.270 e. The van der Waals surface area contributed by atoms with Gasteiger partial charge in [-0.05, 0) is 37.0 Å². The predicted octanol–water partition coefficient (Wildman–Crippen LogP) is 3.29. The highest BCUT2D eigenvalue weighted by atomic mass is 35.5. The zero-order valence-electron chi connectivity index (χ0n) is 14.1. The molecule has 7 nitrogen and oxygen atoms in total. The van der Waals surface area contributed by atoms with E-state index in [1.165, 1.54) is 18.2 Å². The molecule has 0 saturated carbocycles. The largest absolute Gasteiger partial charge is 0.357 e. The van der Waals surface area contributed by atoms with Crippen molar-refractivity contribution in [3.63, 3.8) is 0 Å². The monoisotopic (exact) mass is 374 g/mol. The van der Waals surface area contributed by atoms with E-state index in [4.69, 9.17) is 11.6 Å². The second-order valence-electron chi connectivity index (χ2n) is 6.25. The number of carbonyl (C=O) groups excluding carboxylic acids is 1. The normalized spacial score (nSPS) is 14.9. The van der Waals surface area contributed by atoms with Crippen LogP contribution in [0.4, 0.5) is 11.5 Å². The van der Waals surface area contributed by atoms with Crippen molar-refractivity contribution in [2.24, 2.45) is 5.92 Å². The number of piperidine rings is 1. The van der Waals surface area contributed by atoms with Crippen LogP contribution in [0.2, 0.25) is 5.02 Å². The molecule has 26 heavy (non-hydrogen) atoms. The van der Waals surface area contributed by atoms with Crippen molar-refractivity contribution < 1.29 is 9.72 Å². The average Bonchev–Trinajstić information content (AvgIpc) is 2.67. The Kier molecular flexibility index (Phi) is 5.68. The Hall–Kier alpha value is -2.67. The molecular weight excluding hydrogens is 356 g/mol. The van der Waals surface area contributed by atoms with E-state index >= 15 is 0 Å². The fraction of sp³-hybridized carbons (Fsp3) is 0.333. The van der Waals surface area contributed by atoms with Crippen LogP contribution in [-0.4, -0.2) is 35.4 Å². The highest BCUT2D eigenvalue weighted by Crippen LogP contribution is 2.23. The number of aromatic nitrogens is 1. The van der Waals surface area contributed by atoms with Crippen molar-refractivity contribution in [3.8, 4) is 0 Å². The SMILES string of the molecule is O=C(NCC1CCN(c2ccccn2)CC1)c1ccc([N+](=O)[O-])cc1Cl. The molecular formula is C18H19ClN4O3. The molecule has 1 aromatic carbocycles. The highest BCUT2D eigenvalue weighted by Gasteiger charge is 2.21. The molecule has 0 unspecified atom stereocenters. The van der Waals surface area contributed by atoms with Crippen LogP contribution in [0, 0.1) is 16.0 Å². The average molecular weight is 375 g/mol. The smallest absolute Gasteiger partial charge is 0.270 e. The minimum absolute atomic E-state index is 0.0849. The number of amides is 1. The number of pyridine rings is 1. The summed E-state index contributed by atoms with van der Waals surface area (Å²) in [6.45, 7) is 2.36. The van der Waals surface area contributed by atoms with Crippen molar-refractivity contribution in [1.29, 1.82) is 0 Å². The molecule has 1 aromatic heterocycles. The minimum Gasteiger partial charge on any atom is -0.357 e. The van der Waals surface area contributed by atoms with Gasteiger partial charge in [0.2, 0.25) is 0 Å². The predicted molar refractivity (Wildman–Crippen MR) is 99.6 cm³/mol. The second-order valence-corrected chi connectivity index (χ2v) is 6.66. The van der Waals surface area contributed by atoms with E-state index in [0.29, 0.717) is 12.5 Å². The van der Waals surface area contributed by atoms with Gasteiger partial charge in [-0.25, -0.2) is 4.98 Å². The summed E-state index contributed by atoms with van der Waals surface area (Å²) >= 11 is 6.00. The van der Waals surface area contributed by atoms with E-state index in [1.807, 2.05) is 18.2 Å². The van der Waals surface area contributed by atoms with E-state index in [2.05, 4.69) is 15.2 Å². The molecule has 0 bridgehead atoms. The summed E-state index contributed by atoms with van der Waals surface area (Å²) in [6, 6.07) is 9.74. The molecule has 136 valence electrons. The van der Waals surface area contributed by atoms with Crippen LogP contribution >= 0.6 is 11.6 Å². The summed E-state index contributed by atoms with van der Waals surface area (Å²) in [5.74, 6) is 1.06. The van der Waals surface area contributed by atoms with Gasteiger partial charge in [-0.1, -0.05) is 17.7 Å². The van der Waals surface area contributed by atoms with Crippen LogP contribution in [0.25, 0.3) is 0 Å². The molecule has 0 radical (unpaired) electrons. The maximum atomic E-state index is 12.3. The molecule has 0 spiro atoms. The van der Waals surface area contributed by atoms with Gasteiger partial charge in [0.1, 0.15) is 5.82 Å². The lowest BCUT2D eigenvalue weighted by atomic mass is 9.96. The first kappa shape index (κ1) is 18.1. The molecule has 0 aliphatic carbocycles. The molecule has 2 heterocycles. The number of hydrogen-bond acceptors (Lipinski definition) is 5. The lowest BCUT2D eigenvalue weighted by molar-refractivity contribution is -0.384. The van der Waals surface area contributed by atoms with Gasteiger partial charge in [0.25, 0.3) is 11.6 Å². The van der Waals surface area contributed by atoms with Crippen LogP contribution in [0.1, 0.15) is 23.2 Å². The Bertz CT molecular complexity index is 792. The van der Waals surface area contributed by atoms with Crippen molar-refractivity contribution in [1.82, 2.24) is 10.3 Å². The maximum absolute atomic E-state index is 12.3. The Labute approximate surface area is 156 Å². The van der Waals surface area contributed by atoms with Gasteiger partial charge in [0.15, 0.2) is 0 Å². The third-order valence-corrected chi connectivity index (χ3v) is 4.86. The van der Waals surface area contributed by atoms with Gasteiger partial charge in [-0.2, -0.15) is 0 Å². The highest BCUT2D eigenvalue weighted by molar-refractivity contribution is 6.34. The number of anilines is 1.